The Bertz CT molecular complexity index is 650. The van der Waals surface area contributed by atoms with Crippen LogP contribution in [-0.2, 0) is 0 Å². The molecule has 0 saturated carbocycles. The maximum Gasteiger partial charge on any atom is 0.322 e. The number of aromatic nitrogens is 3. The van der Waals surface area contributed by atoms with E-state index in [0.29, 0.717) is 16.7 Å². The van der Waals surface area contributed by atoms with Gasteiger partial charge < -0.3 is 5.32 Å². The molecule has 20 heavy (non-hydrogen) atoms. The third-order valence-corrected chi connectivity index (χ3v) is 3.73. The molecule has 2 rings (SSSR count). The molecule has 104 valence electrons. The summed E-state index contributed by atoms with van der Waals surface area (Å²) in [7, 11) is 1.66. The van der Waals surface area contributed by atoms with Crippen LogP contribution in [0.15, 0.2) is 32.9 Å². The number of nitrogens with zero attached hydrogens (tertiary/aromatic N) is 4. The topological polar surface area (TPSA) is 93.8 Å². The summed E-state index contributed by atoms with van der Waals surface area (Å²) in [6.45, 7) is 1.58. The average Bonchev–Trinajstić information content (AvgIpc) is 2.40. The van der Waals surface area contributed by atoms with Crippen molar-refractivity contribution in [1.29, 1.82) is 0 Å². The van der Waals surface area contributed by atoms with Gasteiger partial charge in [0.15, 0.2) is 5.03 Å². The molecule has 0 aliphatic heterocycles. The molecular formula is C11H10BrN5O2S. The highest BCUT2D eigenvalue weighted by molar-refractivity contribution is 9.10. The number of nitro groups is 1. The van der Waals surface area contributed by atoms with Gasteiger partial charge in [0.25, 0.3) is 0 Å². The van der Waals surface area contributed by atoms with Gasteiger partial charge in [0.1, 0.15) is 10.7 Å². The molecule has 0 radical (unpaired) electrons. The number of halogens is 1. The third kappa shape index (κ3) is 3.23. The summed E-state index contributed by atoms with van der Waals surface area (Å²) in [5, 5.41) is 14.8. The highest BCUT2D eigenvalue weighted by Gasteiger charge is 2.23. The minimum atomic E-state index is -0.476. The molecule has 1 N–H and O–H groups in total. The predicted octanol–water partition coefficient (Wildman–Crippen LogP) is 3.04. The molecule has 7 nitrogen and oxygen atoms in total. The van der Waals surface area contributed by atoms with Gasteiger partial charge in [0.05, 0.1) is 4.92 Å². The fraction of sp³-hybridized carbons (Fsp3) is 0.182. The third-order valence-electron chi connectivity index (χ3n) is 2.33. The van der Waals surface area contributed by atoms with Crippen LogP contribution >= 0.6 is 27.7 Å². The Morgan fingerprint density at radius 2 is 2.15 bits per heavy atom. The predicted molar refractivity (Wildman–Crippen MR) is 79.0 cm³/mol. The van der Waals surface area contributed by atoms with Crippen molar-refractivity contribution in [3.05, 3.63) is 38.6 Å². The van der Waals surface area contributed by atoms with Crippen LogP contribution in [0.1, 0.15) is 5.69 Å². The summed E-state index contributed by atoms with van der Waals surface area (Å²) in [5.41, 5.74) is 0.215. The Hall–Kier alpha value is -1.74. The second-order valence-electron chi connectivity index (χ2n) is 3.71. The van der Waals surface area contributed by atoms with E-state index in [-0.39, 0.29) is 10.7 Å². The molecular weight excluding hydrogens is 346 g/mol. The lowest BCUT2D eigenvalue weighted by Gasteiger charge is -2.06. The summed E-state index contributed by atoms with van der Waals surface area (Å²) in [6, 6.07) is 3.57. The fourth-order valence-corrected chi connectivity index (χ4v) is 2.58. The van der Waals surface area contributed by atoms with E-state index in [1.54, 1.807) is 26.2 Å². The van der Waals surface area contributed by atoms with E-state index in [9.17, 15) is 10.1 Å². The zero-order valence-electron chi connectivity index (χ0n) is 10.6. The number of rotatable bonds is 4. The number of nitrogens with one attached hydrogen (secondary N) is 1. The standard InChI is InChI=1S/C11H10BrN5O2S/c1-6-9(17(18)19)10(16-11(13-2)15-6)20-8-4-3-7(12)5-14-8/h3-5H,1-2H3,(H,13,15,16). The monoisotopic (exact) mass is 355 g/mol. The van der Waals surface area contributed by atoms with Crippen molar-refractivity contribution in [1.82, 2.24) is 15.0 Å². The van der Waals surface area contributed by atoms with E-state index in [4.69, 9.17) is 0 Å². The first kappa shape index (κ1) is 14.7. The van der Waals surface area contributed by atoms with E-state index >= 15 is 0 Å². The normalized spacial score (nSPS) is 10.3. The summed E-state index contributed by atoms with van der Waals surface area (Å²) >= 11 is 4.42. The van der Waals surface area contributed by atoms with Crippen LogP contribution in [0, 0.1) is 17.0 Å². The SMILES string of the molecule is CNc1nc(C)c([N+](=O)[O-])c(Sc2ccc(Br)cn2)n1. The molecule has 0 aliphatic rings. The smallest absolute Gasteiger partial charge is 0.322 e. The van der Waals surface area contributed by atoms with Crippen LogP contribution in [-0.4, -0.2) is 26.9 Å². The molecule has 0 amide bonds. The quantitative estimate of drug-likeness (QED) is 0.511. The van der Waals surface area contributed by atoms with Gasteiger partial charge in [-0.2, -0.15) is 4.98 Å². The molecule has 9 heteroatoms. The molecule has 0 fully saturated rings. The van der Waals surface area contributed by atoms with Crippen LogP contribution in [0.4, 0.5) is 11.6 Å². The number of hydrogen-bond donors (Lipinski definition) is 1. The number of aryl methyl sites for hydroxylation is 1. The molecule has 0 saturated heterocycles. The lowest BCUT2D eigenvalue weighted by atomic mass is 10.4. The fourth-order valence-electron chi connectivity index (χ4n) is 1.46. The van der Waals surface area contributed by atoms with Gasteiger partial charge in [0, 0.05) is 17.7 Å². The first-order valence-electron chi connectivity index (χ1n) is 5.51. The van der Waals surface area contributed by atoms with Crippen LogP contribution in [0.3, 0.4) is 0 Å². The van der Waals surface area contributed by atoms with Crippen molar-refractivity contribution in [3.63, 3.8) is 0 Å². The minimum absolute atomic E-state index is 0.0984. The van der Waals surface area contributed by atoms with E-state index in [2.05, 4.69) is 36.2 Å². The summed E-state index contributed by atoms with van der Waals surface area (Å²) in [6.07, 6.45) is 1.63. The maximum absolute atomic E-state index is 11.2. The molecule has 0 bridgehead atoms. The lowest BCUT2D eigenvalue weighted by molar-refractivity contribution is -0.389. The van der Waals surface area contributed by atoms with E-state index in [1.165, 1.54) is 0 Å². The van der Waals surface area contributed by atoms with Crippen LogP contribution in [0.5, 0.6) is 0 Å². The summed E-state index contributed by atoms with van der Waals surface area (Å²) in [5.74, 6) is 0.340. The first-order valence-corrected chi connectivity index (χ1v) is 7.12. The lowest BCUT2D eigenvalue weighted by Crippen LogP contribution is -2.04. The van der Waals surface area contributed by atoms with Crippen LogP contribution in [0.2, 0.25) is 0 Å². The largest absolute Gasteiger partial charge is 0.357 e. The molecule has 0 aromatic carbocycles. The zero-order valence-corrected chi connectivity index (χ0v) is 13.0. The Kier molecular flexibility index (Phi) is 4.50. The van der Waals surface area contributed by atoms with Gasteiger partial charge in [-0.05, 0) is 46.7 Å². The Labute approximate surface area is 127 Å². The van der Waals surface area contributed by atoms with Crippen molar-refractivity contribution in [2.45, 2.75) is 17.0 Å². The number of anilines is 1. The van der Waals surface area contributed by atoms with Gasteiger partial charge in [-0.1, -0.05) is 0 Å². The average molecular weight is 356 g/mol. The number of pyridine rings is 1. The maximum atomic E-state index is 11.2. The highest BCUT2D eigenvalue weighted by atomic mass is 79.9. The van der Waals surface area contributed by atoms with Crippen molar-refractivity contribution >= 4 is 39.3 Å². The molecule has 2 aromatic heterocycles. The Morgan fingerprint density at radius 1 is 1.40 bits per heavy atom. The van der Waals surface area contributed by atoms with Crippen molar-refractivity contribution in [2.24, 2.45) is 0 Å². The van der Waals surface area contributed by atoms with Crippen LogP contribution in [0.25, 0.3) is 0 Å². The van der Waals surface area contributed by atoms with Crippen LogP contribution < -0.4 is 5.32 Å². The Morgan fingerprint density at radius 3 is 2.70 bits per heavy atom. The van der Waals surface area contributed by atoms with Gasteiger partial charge >= 0.3 is 5.69 Å². The van der Waals surface area contributed by atoms with E-state index < -0.39 is 4.92 Å². The van der Waals surface area contributed by atoms with Gasteiger partial charge in [0.2, 0.25) is 5.95 Å². The van der Waals surface area contributed by atoms with Crippen molar-refractivity contribution < 1.29 is 4.92 Å². The summed E-state index contributed by atoms with van der Waals surface area (Å²) < 4.78 is 0.839. The number of hydrogen-bond acceptors (Lipinski definition) is 7. The van der Waals surface area contributed by atoms with Crippen molar-refractivity contribution in [2.75, 3.05) is 12.4 Å². The zero-order chi connectivity index (χ0) is 14.7. The molecule has 0 atom stereocenters. The molecule has 0 unspecified atom stereocenters. The first-order chi connectivity index (χ1) is 9.51. The van der Waals surface area contributed by atoms with Crippen molar-refractivity contribution in [3.8, 4) is 0 Å². The van der Waals surface area contributed by atoms with Gasteiger partial charge in [-0.25, -0.2) is 9.97 Å². The van der Waals surface area contributed by atoms with E-state index in [1.807, 2.05) is 6.07 Å². The molecule has 0 aliphatic carbocycles. The minimum Gasteiger partial charge on any atom is -0.357 e. The highest BCUT2D eigenvalue weighted by Crippen LogP contribution is 2.34. The van der Waals surface area contributed by atoms with E-state index in [0.717, 1.165) is 16.2 Å². The second kappa shape index (κ2) is 6.14. The molecule has 0 spiro atoms. The van der Waals surface area contributed by atoms with Gasteiger partial charge in [-0.15, -0.1) is 0 Å². The Balaban J connectivity index is 2.45. The summed E-state index contributed by atoms with van der Waals surface area (Å²) in [4.78, 5) is 23.0. The molecule has 2 heterocycles. The molecule has 2 aromatic rings. The second-order valence-corrected chi connectivity index (χ2v) is 5.63. The van der Waals surface area contributed by atoms with Gasteiger partial charge in [-0.3, -0.25) is 10.1 Å².